The highest BCUT2D eigenvalue weighted by Crippen LogP contribution is 2.28. The van der Waals surface area contributed by atoms with E-state index < -0.39 is 42.6 Å². The maximum Gasteiger partial charge on any atom is 0.341 e. The van der Waals surface area contributed by atoms with Gasteiger partial charge < -0.3 is 29.9 Å². The van der Waals surface area contributed by atoms with Crippen LogP contribution >= 0.6 is 0 Å². The number of aliphatic hydroxyl groups is 3. The molecule has 5 unspecified atom stereocenters. The van der Waals surface area contributed by atoms with Gasteiger partial charge in [0.25, 0.3) is 0 Å². The van der Waals surface area contributed by atoms with Gasteiger partial charge in [-0.1, -0.05) is 48.5 Å². The van der Waals surface area contributed by atoms with E-state index in [2.05, 4.69) is 4.98 Å². The second kappa shape index (κ2) is 8.40. The molecule has 1 fully saturated rings. The topological polar surface area (TPSA) is 146 Å². The van der Waals surface area contributed by atoms with Crippen molar-refractivity contribution in [1.29, 1.82) is 0 Å². The van der Waals surface area contributed by atoms with Crippen LogP contribution in [0.25, 0.3) is 22.2 Å². The first-order valence-corrected chi connectivity index (χ1v) is 9.45. The largest absolute Gasteiger partial charge is 0.479 e. The average molecular weight is 425 g/mol. The summed E-state index contributed by atoms with van der Waals surface area (Å²) in [5.74, 6) is -2.48. The lowest BCUT2D eigenvalue weighted by atomic mass is 9.99. The van der Waals surface area contributed by atoms with Crippen molar-refractivity contribution in [3.8, 4) is 11.3 Å². The zero-order valence-corrected chi connectivity index (χ0v) is 16.0. The summed E-state index contributed by atoms with van der Waals surface area (Å²) < 4.78 is 10.3. The van der Waals surface area contributed by atoms with Crippen LogP contribution in [0.2, 0.25) is 0 Å². The Bertz CT molecular complexity index is 1120. The molecule has 0 bridgehead atoms. The zero-order valence-electron chi connectivity index (χ0n) is 16.0. The number of rotatable bonds is 4. The Morgan fingerprint density at radius 2 is 1.58 bits per heavy atom. The predicted molar refractivity (Wildman–Crippen MR) is 107 cm³/mol. The molecule has 4 rings (SSSR count). The van der Waals surface area contributed by atoms with E-state index in [9.17, 15) is 24.9 Å². The Morgan fingerprint density at radius 1 is 0.903 bits per heavy atom. The van der Waals surface area contributed by atoms with Crippen molar-refractivity contribution in [1.82, 2.24) is 4.98 Å². The molecule has 0 radical (unpaired) electrons. The number of hydrogen-bond donors (Lipinski definition) is 4. The van der Waals surface area contributed by atoms with E-state index in [-0.39, 0.29) is 5.56 Å². The van der Waals surface area contributed by atoms with Crippen LogP contribution in [0.1, 0.15) is 10.4 Å². The number of pyridine rings is 1. The molecule has 1 aliphatic rings. The lowest BCUT2D eigenvalue weighted by molar-refractivity contribution is -0.278. The first kappa shape index (κ1) is 20.9. The van der Waals surface area contributed by atoms with E-state index in [0.717, 1.165) is 5.56 Å². The molecule has 1 aliphatic heterocycles. The molecule has 31 heavy (non-hydrogen) atoms. The van der Waals surface area contributed by atoms with Gasteiger partial charge in [-0.15, -0.1) is 0 Å². The fourth-order valence-corrected chi connectivity index (χ4v) is 3.42. The molecule has 0 saturated carbocycles. The minimum Gasteiger partial charge on any atom is -0.479 e. The Labute approximate surface area is 176 Å². The smallest absolute Gasteiger partial charge is 0.341 e. The fraction of sp³-hybridized carbons (Fsp3) is 0.227. The molecular weight excluding hydrogens is 406 g/mol. The zero-order chi connectivity index (χ0) is 22.1. The van der Waals surface area contributed by atoms with E-state index in [4.69, 9.17) is 14.6 Å². The van der Waals surface area contributed by atoms with Gasteiger partial charge >= 0.3 is 11.9 Å². The molecular formula is C22H19NO8. The maximum atomic E-state index is 13.0. The summed E-state index contributed by atoms with van der Waals surface area (Å²) in [6, 6.07) is 17.6. The molecule has 2 heterocycles. The number of esters is 1. The summed E-state index contributed by atoms with van der Waals surface area (Å²) in [5, 5.41) is 39.5. The van der Waals surface area contributed by atoms with Gasteiger partial charge in [0, 0.05) is 10.9 Å². The second-order valence-corrected chi connectivity index (χ2v) is 7.08. The number of fused-ring (bicyclic) bond motifs is 1. The van der Waals surface area contributed by atoms with Crippen LogP contribution in [0.3, 0.4) is 0 Å². The van der Waals surface area contributed by atoms with Gasteiger partial charge in [-0.2, -0.15) is 0 Å². The third-order valence-electron chi connectivity index (χ3n) is 5.04. The van der Waals surface area contributed by atoms with E-state index in [1.54, 1.807) is 24.3 Å². The predicted octanol–water partition coefficient (Wildman–Crippen LogP) is 0.951. The Kier molecular flexibility index (Phi) is 5.66. The number of carboxylic acids is 1. The number of carbonyl (C=O) groups excluding carboxylic acids is 1. The van der Waals surface area contributed by atoms with Crippen LogP contribution in [-0.4, -0.2) is 68.1 Å². The van der Waals surface area contributed by atoms with Crippen LogP contribution in [0.5, 0.6) is 0 Å². The third-order valence-corrected chi connectivity index (χ3v) is 5.04. The molecule has 2 aromatic carbocycles. The number of aliphatic carboxylic acids is 1. The van der Waals surface area contributed by atoms with E-state index in [1.165, 1.54) is 6.07 Å². The van der Waals surface area contributed by atoms with Crippen molar-refractivity contribution in [2.45, 2.75) is 30.7 Å². The normalized spacial score (nSPS) is 25.8. The third kappa shape index (κ3) is 3.99. The first-order valence-electron chi connectivity index (χ1n) is 9.45. The summed E-state index contributed by atoms with van der Waals surface area (Å²) in [4.78, 5) is 28.8. The standard InChI is InChI=1S/C22H19NO8/c24-16-17(25)19(20(27)28)30-22(18(16)26)31-21(29)13-10-15(11-6-2-1-3-7-11)23-14-9-5-4-8-12(13)14/h1-10,16-19,22,24-26H,(H,27,28). The van der Waals surface area contributed by atoms with Crippen molar-refractivity contribution in [3.05, 3.63) is 66.2 Å². The molecule has 5 atom stereocenters. The van der Waals surface area contributed by atoms with E-state index in [1.807, 2.05) is 30.3 Å². The second-order valence-electron chi connectivity index (χ2n) is 7.08. The van der Waals surface area contributed by atoms with Crippen molar-refractivity contribution in [2.24, 2.45) is 0 Å². The van der Waals surface area contributed by atoms with Crippen LogP contribution in [0.4, 0.5) is 0 Å². The Morgan fingerprint density at radius 3 is 2.29 bits per heavy atom. The van der Waals surface area contributed by atoms with Crippen molar-refractivity contribution < 1.29 is 39.5 Å². The molecule has 9 nitrogen and oxygen atoms in total. The van der Waals surface area contributed by atoms with Crippen LogP contribution < -0.4 is 0 Å². The molecule has 0 aliphatic carbocycles. The highest BCUT2D eigenvalue weighted by atomic mass is 16.7. The number of para-hydroxylation sites is 1. The quantitative estimate of drug-likeness (QED) is 0.449. The molecule has 1 saturated heterocycles. The van der Waals surface area contributed by atoms with Crippen molar-refractivity contribution >= 4 is 22.8 Å². The van der Waals surface area contributed by atoms with Gasteiger partial charge in [0.05, 0.1) is 16.8 Å². The number of aromatic nitrogens is 1. The molecule has 0 spiro atoms. The van der Waals surface area contributed by atoms with Crippen LogP contribution in [-0.2, 0) is 14.3 Å². The Balaban J connectivity index is 1.69. The summed E-state index contributed by atoms with van der Waals surface area (Å²) in [6.07, 6.45) is -9.25. The van der Waals surface area contributed by atoms with E-state index in [0.29, 0.717) is 16.6 Å². The van der Waals surface area contributed by atoms with Gasteiger partial charge in [-0.3, -0.25) is 0 Å². The lowest BCUT2D eigenvalue weighted by Crippen LogP contribution is -2.60. The van der Waals surface area contributed by atoms with Gasteiger partial charge in [0.1, 0.15) is 18.3 Å². The summed E-state index contributed by atoms with van der Waals surface area (Å²) in [7, 11) is 0. The average Bonchev–Trinajstić information content (AvgIpc) is 2.79. The maximum absolute atomic E-state index is 13.0. The van der Waals surface area contributed by atoms with Gasteiger partial charge in [0.2, 0.25) is 6.29 Å². The van der Waals surface area contributed by atoms with Gasteiger partial charge in [-0.05, 0) is 12.1 Å². The molecule has 1 aromatic heterocycles. The number of nitrogens with zero attached hydrogens (tertiary/aromatic N) is 1. The summed E-state index contributed by atoms with van der Waals surface area (Å²) in [5.41, 5.74) is 1.92. The fourth-order valence-electron chi connectivity index (χ4n) is 3.42. The molecule has 160 valence electrons. The van der Waals surface area contributed by atoms with E-state index >= 15 is 0 Å². The molecule has 3 aromatic rings. The van der Waals surface area contributed by atoms with Crippen molar-refractivity contribution in [2.75, 3.05) is 0 Å². The van der Waals surface area contributed by atoms with Crippen LogP contribution in [0.15, 0.2) is 60.7 Å². The molecule has 0 amide bonds. The van der Waals surface area contributed by atoms with Crippen molar-refractivity contribution in [3.63, 3.8) is 0 Å². The number of carboxylic acid groups (broad SMARTS) is 1. The highest BCUT2D eigenvalue weighted by molar-refractivity contribution is 6.04. The highest BCUT2D eigenvalue weighted by Gasteiger charge is 2.48. The number of hydrogen-bond acceptors (Lipinski definition) is 8. The Hall–Kier alpha value is -3.37. The monoisotopic (exact) mass is 425 g/mol. The molecule has 4 N–H and O–H groups in total. The number of benzene rings is 2. The number of aliphatic hydroxyl groups excluding tert-OH is 3. The minimum atomic E-state index is -1.88. The summed E-state index contributed by atoms with van der Waals surface area (Å²) in [6.45, 7) is 0. The first-order chi connectivity index (χ1) is 14.9. The minimum absolute atomic E-state index is 0.118. The SMILES string of the molecule is O=C(OC1OC(C(=O)O)C(O)C(O)C1O)c1cc(-c2ccccc2)nc2ccccc12. The summed E-state index contributed by atoms with van der Waals surface area (Å²) >= 11 is 0. The van der Waals surface area contributed by atoms with Gasteiger partial charge in [-0.25, -0.2) is 14.6 Å². The van der Waals surface area contributed by atoms with Gasteiger partial charge in [0.15, 0.2) is 6.10 Å². The number of ether oxygens (including phenoxy) is 2. The molecule has 9 heteroatoms. The lowest BCUT2D eigenvalue weighted by Gasteiger charge is -2.37. The number of carbonyl (C=O) groups is 2. The van der Waals surface area contributed by atoms with Crippen LogP contribution in [0, 0.1) is 0 Å².